The van der Waals surface area contributed by atoms with Gasteiger partial charge in [0, 0.05) is 0 Å². The van der Waals surface area contributed by atoms with Gasteiger partial charge in [-0.25, -0.2) is 0 Å². The summed E-state index contributed by atoms with van der Waals surface area (Å²) in [6.45, 7) is 15.1. The fraction of sp³-hybridized carbons (Fsp3) is 1.00. The van der Waals surface area contributed by atoms with E-state index in [0.717, 1.165) is 35.5 Å². The molecule has 0 N–H and O–H groups in total. The Kier molecular flexibility index (Phi) is 5.83. The van der Waals surface area contributed by atoms with Crippen molar-refractivity contribution in [1.82, 2.24) is 0 Å². The van der Waals surface area contributed by atoms with Crippen molar-refractivity contribution < 1.29 is 0 Å². The quantitative estimate of drug-likeness (QED) is 0.526. The van der Waals surface area contributed by atoms with Crippen LogP contribution < -0.4 is 0 Å². The molecule has 0 amide bonds. The number of rotatable bonds is 4. The third-order valence-electron chi connectivity index (χ3n) is 7.24. The van der Waals surface area contributed by atoms with Crippen LogP contribution in [0.1, 0.15) is 92.9 Å². The molecule has 2 rings (SSSR count). The molecule has 2 aliphatic carbocycles. The predicted octanol–water partition coefficient (Wildman–Crippen LogP) is 6.94. The third kappa shape index (κ3) is 3.20. The molecule has 0 bridgehead atoms. The van der Waals surface area contributed by atoms with Gasteiger partial charge in [0.25, 0.3) is 0 Å². The molecule has 0 aliphatic heterocycles. The van der Waals surface area contributed by atoms with Gasteiger partial charge in [-0.15, -0.1) is 0 Å². The van der Waals surface area contributed by atoms with Crippen LogP contribution in [0.2, 0.25) is 0 Å². The summed E-state index contributed by atoms with van der Waals surface area (Å²) in [7, 11) is 0. The van der Waals surface area contributed by atoms with E-state index in [2.05, 4.69) is 41.5 Å². The van der Waals surface area contributed by atoms with E-state index in [1.54, 1.807) is 0 Å². The first-order valence-electron chi connectivity index (χ1n) is 9.91. The average molecular weight is 293 g/mol. The maximum atomic E-state index is 2.55. The van der Waals surface area contributed by atoms with Gasteiger partial charge in [0.1, 0.15) is 0 Å². The van der Waals surface area contributed by atoms with Gasteiger partial charge >= 0.3 is 0 Å². The first kappa shape index (κ1) is 17.4. The van der Waals surface area contributed by atoms with E-state index in [9.17, 15) is 0 Å². The second-order valence-corrected chi connectivity index (χ2v) is 9.17. The van der Waals surface area contributed by atoms with E-state index >= 15 is 0 Å². The Balaban J connectivity index is 2.39. The molecule has 21 heavy (non-hydrogen) atoms. The van der Waals surface area contributed by atoms with Gasteiger partial charge in [-0.1, -0.05) is 67.2 Å². The minimum Gasteiger partial charge on any atom is -0.0625 e. The van der Waals surface area contributed by atoms with Crippen LogP contribution in [0, 0.1) is 40.9 Å². The molecular formula is C21H40. The fourth-order valence-corrected chi connectivity index (χ4v) is 6.51. The Labute approximate surface area is 134 Å². The number of hydrogen-bond acceptors (Lipinski definition) is 0. The van der Waals surface area contributed by atoms with Crippen LogP contribution >= 0.6 is 0 Å². The van der Waals surface area contributed by atoms with Crippen LogP contribution in [0.3, 0.4) is 0 Å². The summed E-state index contributed by atoms with van der Waals surface area (Å²) >= 11 is 0. The minimum absolute atomic E-state index is 0.641. The van der Waals surface area contributed by atoms with Gasteiger partial charge in [-0.2, -0.15) is 0 Å². The molecule has 2 fully saturated rings. The standard InChI is InChI=1S/C21H40/c1-15(2)19-13-10-14-21(17(5)6,20(19)16(3)4)18-11-8-7-9-12-18/h15-20H,7-14H2,1-6H3. The molecule has 0 spiro atoms. The molecule has 2 saturated carbocycles. The highest BCUT2D eigenvalue weighted by molar-refractivity contribution is 5.01. The van der Waals surface area contributed by atoms with Crippen LogP contribution in [0.15, 0.2) is 0 Å². The molecule has 2 aliphatic rings. The normalized spacial score (nSPS) is 35.9. The van der Waals surface area contributed by atoms with Crippen molar-refractivity contribution in [2.24, 2.45) is 40.9 Å². The summed E-state index contributed by atoms with van der Waals surface area (Å²) in [5.74, 6) is 5.49. The first-order chi connectivity index (χ1) is 9.91. The van der Waals surface area contributed by atoms with Crippen LogP contribution in [0.4, 0.5) is 0 Å². The van der Waals surface area contributed by atoms with Gasteiger partial charge < -0.3 is 0 Å². The Morgan fingerprint density at radius 1 is 0.714 bits per heavy atom. The van der Waals surface area contributed by atoms with Crippen molar-refractivity contribution in [1.29, 1.82) is 0 Å². The van der Waals surface area contributed by atoms with E-state index in [4.69, 9.17) is 0 Å². The summed E-state index contributed by atoms with van der Waals surface area (Å²) < 4.78 is 0. The Bertz CT molecular complexity index is 308. The first-order valence-corrected chi connectivity index (χ1v) is 9.91. The lowest BCUT2D eigenvalue weighted by molar-refractivity contribution is -0.0976. The molecule has 0 aromatic carbocycles. The molecule has 0 nitrogen and oxygen atoms in total. The average Bonchev–Trinajstić information content (AvgIpc) is 2.46. The van der Waals surface area contributed by atoms with E-state index in [1.807, 2.05) is 0 Å². The summed E-state index contributed by atoms with van der Waals surface area (Å²) in [4.78, 5) is 0. The van der Waals surface area contributed by atoms with Crippen molar-refractivity contribution >= 4 is 0 Å². The molecule has 3 unspecified atom stereocenters. The lowest BCUT2D eigenvalue weighted by Crippen LogP contribution is -2.51. The SMILES string of the molecule is CC(C)C1CCCC(C(C)C)(C2CCCCC2)C1C(C)C. The third-order valence-corrected chi connectivity index (χ3v) is 7.24. The van der Waals surface area contributed by atoms with Crippen LogP contribution in [-0.4, -0.2) is 0 Å². The van der Waals surface area contributed by atoms with Gasteiger partial charge in [-0.3, -0.25) is 0 Å². The van der Waals surface area contributed by atoms with Crippen LogP contribution in [0.25, 0.3) is 0 Å². The Hall–Kier alpha value is 0. The highest BCUT2D eigenvalue weighted by atomic mass is 14.6. The van der Waals surface area contributed by atoms with E-state index in [1.165, 1.54) is 51.4 Å². The Morgan fingerprint density at radius 3 is 1.81 bits per heavy atom. The highest BCUT2D eigenvalue weighted by Gasteiger charge is 2.52. The zero-order valence-corrected chi connectivity index (χ0v) is 15.6. The highest BCUT2D eigenvalue weighted by Crippen LogP contribution is 2.60. The smallest absolute Gasteiger partial charge is 0.0213 e. The van der Waals surface area contributed by atoms with Crippen LogP contribution in [-0.2, 0) is 0 Å². The van der Waals surface area contributed by atoms with Gasteiger partial charge in [-0.05, 0) is 66.6 Å². The molecule has 0 aromatic rings. The summed E-state index contributed by atoms with van der Waals surface area (Å²) in [6, 6.07) is 0. The second kappa shape index (κ2) is 7.05. The number of hydrogen-bond donors (Lipinski definition) is 0. The molecule has 0 heteroatoms. The Morgan fingerprint density at radius 2 is 1.33 bits per heavy atom. The van der Waals surface area contributed by atoms with Crippen molar-refractivity contribution in [3.8, 4) is 0 Å². The lowest BCUT2D eigenvalue weighted by Gasteiger charge is -2.58. The van der Waals surface area contributed by atoms with E-state index < -0.39 is 0 Å². The maximum Gasteiger partial charge on any atom is -0.0213 e. The van der Waals surface area contributed by atoms with Gasteiger partial charge in [0.05, 0.1) is 0 Å². The second-order valence-electron chi connectivity index (χ2n) is 9.17. The topological polar surface area (TPSA) is 0 Å². The fourth-order valence-electron chi connectivity index (χ4n) is 6.51. The van der Waals surface area contributed by atoms with Crippen molar-refractivity contribution in [3.05, 3.63) is 0 Å². The van der Waals surface area contributed by atoms with E-state index in [-0.39, 0.29) is 0 Å². The van der Waals surface area contributed by atoms with Crippen molar-refractivity contribution in [3.63, 3.8) is 0 Å². The summed E-state index contributed by atoms with van der Waals surface area (Å²) in [5, 5.41) is 0. The van der Waals surface area contributed by atoms with Gasteiger partial charge in [0.2, 0.25) is 0 Å². The van der Waals surface area contributed by atoms with Gasteiger partial charge in [0.15, 0.2) is 0 Å². The minimum atomic E-state index is 0.641. The molecule has 3 atom stereocenters. The predicted molar refractivity (Wildman–Crippen MR) is 94.4 cm³/mol. The largest absolute Gasteiger partial charge is 0.0625 e. The van der Waals surface area contributed by atoms with Crippen LogP contribution in [0.5, 0.6) is 0 Å². The lowest BCUT2D eigenvalue weighted by atomic mass is 9.46. The zero-order chi connectivity index (χ0) is 15.6. The van der Waals surface area contributed by atoms with Crippen molar-refractivity contribution in [2.75, 3.05) is 0 Å². The molecule has 124 valence electrons. The van der Waals surface area contributed by atoms with Crippen molar-refractivity contribution in [2.45, 2.75) is 92.9 Å². The van der Waals surface area contributed by atoms with E-state index in [0.29, 0.717) is 5.41 Å². The summed E-state index contributed by atoms with van der Waals surface area (Å²) in [5.41, 5.74) is 0.641. The molecule has 0 aromatic heterocycles. The maximum absolute atomic E-state index is 2.55. The molecule has 0 saturated heterocycles. The summed E-state index contributed by atoms with van der Waals surface area (Å²) in [6.07, 6.45) is 12.0. The molecular weight excluding hydrogens is 252 g/mol. The zero-order valence-electron chi connectivity index (χ0n) is 15.6. The molecule has 0 heterocycles. The molecule has 0 radical (unpaired) electrons. The monoisotopic (exact) mass is 292 g/mol.